The summed E-state index contributed by atoms with van der Waals surface area (Å²) >= 11 is 0. The number of benzene rings is 4. The van der Waals surface area contributed by atoms with Crippen molar-refractivity contribution in [1.82, 2.24) is 0 Å². The van der Waals surface area contributed by atoms with Crippen molar-refractivity contribution < 1.29 is 33.2 Å². The fourth-order valence-corrected chi connectivity index (χ4v) is 4.66. The fourth-order valence-electron chi connectivity index (χ4n) is 4.66. The molecule has 0 aliphatic rings. The molecule has 4 rings (SSSR count). The van der Waals surface area contributed by atoms with Gasteiger partial charge >= 0.3 is 0 Å². The van der Waals surface area contributed by atoms with Gasteiger partial charge in [0.2, 0.25) is 5.75 Å². The average molecular weight is 559 g/mol. The van der Waals surface area contributed by atoms with Crippen LogP contribution in [0.15, 0.2) is 72.8 Å². The van der Waals surface area contributed by atoms with Crippen LogP contribution in [0.1, 0.15) is 22.3 Å². The van der Waals surface area contributed by atoms with Crippen molar-refractivity contribution in [3.8, 4) is 46.0 Å². The van der Waals surface area contributed by atoms with Gasteiger partial charge in [-0.25, -0.2) is 0 Å². The normalized spacial score (nSPS) is 10.6. The minimum atomic E-state index is 0.491. The molecule has 0 atom stereocenters. The highest BCUT2D eigenvalue weighted by Gasteiger charge is 2.18. The Morgan fingerprint density at radius 2 is 0.878 bits per heavy atom. The summed E-state index contributed by atoms with van der Waals surface area (Å²) in [5.74, 6) is 5.23. The molecule has 0 heterocycles. The third-order valence-electron chi connectivity index (χ3n) is 6.91. The van der Waals surface area contributed by atoms with Crippen molar-refractivity contribution in [2.75, 3.05) is 42.7 Å². The van der Waals surface area contributed by atoms with Gasteiger partial charge in [-0.2, -0.15) is 0 Å². The largest absolute Gasteiger partial charge is 0.497 e. The minimum absolute atomic E-state index is 0.491. The summed E-state index contributed by atoms with van der Waals surface area (Å²) in [7, 11) is 9.86. The van der Waals surface area contributed by atoms with Gasteiger partial charge in [0, 0.05) is 6.07 Å². The van der Waals surface area contributed by atoms with Crippen molar-refractivity contribution in [2.45, 2.75) is 25.7 Å². The number of hydrogen-bond donors (Lipinski definition) is 0. The molecule has 0 amide bonds. The van der Waals surface area contributed by atoms with Crippen LogP contribution < -0.4 is 33.2 Å². The Labute approximate surface area is 242 Å². The van der Waals surface area contributed by atoms with Crippen LogP contribution in [0.3, 0.4) is 0 Å². The summed E-state index contributed by atoms with van der Waals surface area (Å²) in [6, 6.07) is 24.0. The zero-order valence-corrected chi connectivity index (χ0v) is 24.6. The molecule has 0 radical (unpaired) electrons. The molecule has 0 spiro atoms. The van der Waals surface area contributed by atoms with Crippen molar-refractivity contribution in [1.29, 1.82) is 0 Å². The highest BCUT2D eigenvalue weighted by Crippen LogP contribution is 2.44. The Balaban J connectivity index is 1.55. The molecule has 7 nitrogen and oxygen atoms in total. The number of rotatable bonds is 14. The van der Waals surface area contributed by atoms with Crippen LogP contribution in [-0.4, -0.2) is 42.7 Å². The van der Waals surface area contributed by atoms with Crippen molar-refractivity contribution in [3.05, 3.63) is 95.1 Å². The molecule has 4 aromatic rings. The van der Waals surface area contributed by atoms with Gasteiger partial charge in [-0.15, -0.1) is 0 Å². The Hall–Kier alpha value is -4.52. The monoisotopic (exact) mass is 558 g/mol. The van der Waals surface area contributed by atoms with Gasteiger partial charge in [0.15, 0.2) is 23.0 Å². The maximum absolute atomic E-state index is 6.42. The maximum atomic E-state index is 6.42. The van der Waals surface area contributed by atoms with Crippen LogP contribution in [0, 0.1) is 0 Å². The van der Waals surface area contributed by atoms with E-state index in [1.54, 1.807) is 42.7 Å². The van der Waals surface area contributed by atoms with Gasteiger partial charge < -0.3 is 33.2 Å². The lowest BCUT2D eigenvalue weighted by Gasteiger charge is -2.18. The van der Waals surface area contributed by atoms with E-state index < -0.39 is 0 Å². The predicted octanol–water partition coefficient (Wildman–Crippen LogP) is 7.10. The first-order valence-corrected chi connectivity index (χ1v) is 13.4. The molecule has 0 aliphatic carbocycles. The smallest absolute Gasteiger partial charge is 0.211 e. The van der Waals surface area contributed by atoms with E-state index in [0.29, 0.717) is 28.7 Å². The molecular formula is C34H38O7. The number of hydrogen-bond acceptors (Lipinski definition) is 7. The minimum Gasteiger partial charge on any atom is -0.497 e. The first kappa shape index (κ1) is 29.5. The van der Waals surface area contributed by atoms with E-state index in [1.807, 2.05) is 54.6 Å². The Morgan fingerprint density at radius 3 is 1.44 bits per heavy atom. The molecule has 0 bridgehead atoms. The maximum Gasteiger partial charge on any atom is 0.211 e. The summed E-state index contributed by atoms with van der Waals surface area (Å²) in [5, 5.41) is 0. The zero-order chi connectivity index (χ0) is 29.2. The van der Waals surface area contributed by atoms with Gasteiger partial charge in [-0.3, -0.25) is 0 Å². The number of ether oxygens (including phenoxy) is 7. The second kappa shape index (κ2) is 14.2. The average Bonchev–Trinajstić information content (AvgIpc) is 3.02. The molecule has 216 valence electrons. The zero-order valence-electron chi connectivity index (χ0n) is 24.6. The van der Waals surface area contributed by atoms with Crippen LogP contribution in [-0.2, 0) is 25.7 Å². The van der Waals surface area contributed by atoms with Gasteiger partial charge in [0.25, 0.3) is 0 Å². The summed E-state index contributed by atoms with van der Waals surface area (Å²) in [4.78, 5) is 0. The first-order valence-electron chi connectivity index (χ1n) is 13.4. The van der Waals surface area contributed by atoms with Gasteiger partial charge in [0.05, 0.1) is 42.7 Å². The van der Waals surface area contributed by atoms with E-state index in [-0.39, 0.29) is 0 Å². The van der Waals surface area contributed by atoms with Gasteiger partial charge in [-0.05, 0) is 96.5 Å². The topological polar surface area (TPSA) is 64.6 Å². The van der Waals surface area contributed by atoms with Crippen LogP contribution in [0.4, 0.5) is 0 Å². The molecule has 0 aromatic heterocycles. The van der Waals surface area contributed by atoms with E-state index >= 15 is 0 Å². The second-order valence-electron chi connectivity index (χ2n) is 9.49. The fraction of sp³-hybridized carbons (Fsp3) is 0.294. The number of aryl methyl sites for hydroxylation is 4. The third-order valence-corrected chi connectivity index (χ3v) is 6.91. The van der Waals surface area contributed by atoms with Crippen LogP contribution >= 0.6 is 0 Å². The SMILES string of the molecule is COc1cccc(CCc2ccc(OC)c(Oc3c(OC)cc(CCc4cc(OC)cc(OC)c4)cc3OC)c2)c1. The molecule has 7 heteroatoms. The quantitative estimate of drug-likeness (QED) is 0.164. The first-order chi connectivity index (χ1) is 20.0. The Kier molecular flexibility index (Phi) is 10.2. The van der Waals surface area contributed by atoms with E-state index in [0.717, 1.165) is 59.6 Å². The van der Waals surface area contributed by atoms with Crippen molar-refractivity contribution in [2.24, 2.45) is 0 Å². The van der Waals surface area contributed by atoms with E-state index in [4.69, 9.17) is 33.2 Å². The number of methoxy groups -OCH3 is 6. The third kappa shape index (κ3) is 7.57. The van der Waals surface area contributed by atoms with Crippen LogP contribution in [0.2, 0.25) is 0 Å². The molecule has 0 saturated heterocycles. The van der Waals surface area contributed by atoms with Crippen LogP contribution in [0.5, 0.6) is 46.0 Å². The summed E-state index contributed by atoms with van der Waals surface area (Å²) in [6.45, 7) is 0. The highest BCUT2D eigenvalue weighted by atomic mass is 16.6. The lowest BCUT2D eigenvalue weighted by Crippen LogP contribution is -2.00. The van der Waals surface area contributed by atoms with E-state index in [1.165, 1.54) is 5.56 Å². The summed E-state index contributed by atoms with van der Waals surface area (Å²) in [5.41, 5.74) is 4.47. The van der Waals surface area contributed by atoms with Gasteiger partial charge in [-0.1, -0.05) is 18.2 Å². The predicted molar refractivity (Wildman–Crippen MR) is 160 cm³/mol. The molecule has 0 unspecified atom stereocenters. The van der Waals surface area contributed by atoms with E-state index in [2.05, 4.69) is 18.2 Å². The molecule has 0 fully saturated rings. The lowest BCUT2D eigenvalue weighted by atomic mass is 10.0. The van der Waals surface area contributed by atoms with Crippen molar-refractivity contribution >= 4 is 0 Å². The summed E-state index contributed by atoms with van der Waals surface area (Å²) < 4.78 is 39.8. The van der Waals surface area contributed by atoms with Crippen molar-refractivity contribution in [3.63, 3.8) is 0 Å². The highest BCUT2D eigenvalue weighted by molar-refractivity contribution is 5.57. The van der Waals surface area contributed by atoms with E-state index in [9.17, 15) is 0 Å². The second-order valence-corrected chi connectivity index (χ2v) is 9.49. The molecule has 41 heavy (non-hydrogen) atoms. The molecule has 0 aliphatic heterocycles. The summed E-state index contributed by atoms with van der Waals surface area (Å²) in [6.07, 6.45) is 3.23. The standard InChI is InChI=1S/C34H38O7/c1-35-27-9-7-8-23(16-27)10-11-24-14-15-30(38-4)31(19-24)41-34-32(39-5)20-26(21-33(34)40-6)13-12-25-17-28(36-2)22-29(18-25)37-3/h7-9,14-22H,10-13H2,1-6H3. The molecule has 0 saturated carbocycles. The van der Waals surface area contributed by atoms with Crippen LogP contribution in [0.25, 0.3) is 0 Å². The Bertz CT molecular complexity index is 1400. The molecule has 4 aromatic carbocycles. The lowest BCUT2D eigenvalue weighted by molar-refractivity contribution is 0.332. The molecule has 0 N–H and O–H groups in total. The molecular weight excluding hydrogens is 520 g/mol. The van der Waals surface area contributed by atoms with Gasteiger partial charge in [0.1, 0.15) is 17.2 Å². The Morgan fingerprint density at radius 1 is 0.390 bits per heavy atom.